The molecule has 0 spiro atoms. The van der Waals surface area contributed by atoms with Crippen LogP contribution in [0.25, 0.3) is 66.1 Å². The van der Waals surface area contributed by atoms with Gasteiger partial charge >= 0.3 is 0 Å². The highest BCUT2D eigenvalue weighted by atomic mass is 15.0. The molecule has 1 aliphatic carbocycles. The first-order chi connectivity index (χ1) is 25.6. The van der Waals surface area contributed by atoms with Crippen LogP contribution in [0.15, 0.2) is 169 Å². The fourth-order valence-electron chi connectivity index (χ4n) is 8.61. The quantitative estimate of drug-likeness (QED) is 0.187. The molecular weight excluding hydrogens is 633 g/mol. The number of aliphatic imine (C=N–C) groups is 1. The minimum atomic E-state index is -0.339. The second kappa shape index (κ2) is 11.9. The molecule has 0 amide bonds. The summed E-state index contributed by atoms with van der Waals surface area (Å²) in [5, 5.41) is 5.02. The molecule has 0 saturated carbocycles. The second-order valence-electron chi connectivity index (χ2n) is 14.4. The minimum Gasteiger partial charge on any atom is -0.307 e. The molecule has 2 aliphatic rings. The molecular formula is C48H36N4. The SMILES string of the molecule is CC1(C)C2=C(CC/C=C(n3c4ccccc4c4c5ccccc5ccc43)\C(c3cccnc3)=N/2)c2cc(-c3cccnc3)c(-c3ccccc3)cc21. The van der Waals surface area contributed by atoms with Crippen LogP contribution in [-0.2, 0) is 5.41 Å². The van der Waals surface area contributed by atoms with Crippen LogP contribution in [0.3, 0.4) is 0 Å². The normalized spacial score (nSPS) is 17.3. The summed E-state index contributed by atoms with van der Waals surface area (Å²) < 4.78 is 2.44. The van der Waals surface area contributed by atoms with Crippen molar-refractivity contribution in [3.63, 3.8) is 0 Å². The highest BCUT2D eigenvalue weighted by molar-refractivity contribution is 6.32. The molecule has 0 saturated heterocycles. The summed E-state index contributed by atoms with van der Waals surface area (Å²) in [4.78, 5) is 14.9. The van der Waals surface area contributed by atoms with Gasteiger partial charge in [0.25, 0.3) is 0 Å². The number of rotatable bonds is 4. The summed E-state index contributed by atoms with van der Waals surface area (Å²) in [6, 6.07) is 45.9. The monoisotopic (exact) mass is 668 g/mol. The van der Waals surface area contributed by atoms with E-state index in [9.17, 15) is 0 Å². The molecule has 4 nitrogen and oxygen atoms in total. The highest BCUT2D eigenvalue weighted by Crippen LogP contribution is 2.52. The van der Waals surface area contributed by atoms with Crippen LogP contribution in [0.2, 0.25) is 0 Å². The molecule has 248 valence electrons. The van der Waals surface area contributed by atoms with Crippen LogP contribution in [0.4, 0.5) is 0 Å². The van der Waals surface area contributed by atoms with Crippen LogP contribution in [0.1, 0.15) is 43.4 Å². The van der Waals surface area contributed by atoms with Crippen molar-refractivity contribution in [3.8, 4) is 22.3 Å². The van der Waals surface area contributed by atoms with E-state index in [0.29, 0.717) is 0 Å². The maximum absolute atomic E-state index is 5.81. The summed E-state index contributed by atoms with van der Waals surface area (Å²) in [5.74, 6) is 0. The number of nitrogens with zero attached hydrogens (tertiary/aromatic N) is 4. The number of benzene rings is 5. The lowest BCUT2D eigenvalue weighted by Gasteiger charge is -2.25. The topological polar surface area (TPSA) is 43.1 Å². The van der Waals surface area contributed by atoms with Gasteiger partial charge in [0.05, 0.1) is 28.1 Å². The number of hydrogen-bond acceptors (Lipinski definition) is 3. The largest absolute Gasteiger partial charge is 0.307 e. The Balaban J connectivity index is 1.23. The van der Waals surface area contributed by atoms with Gasteiger partial charge in [0, 0.05) is 52.1 Å². The molecule has 3 aromatic heterocycles. The first kappa shape index (κ1) is 30.4. The average molecular weight is 669 g/mol. The van der Waals surface area contributed by atoms with Crippen LogP contribution in [-0.4, -0.2) is 20.2 Å². The van der Waals surface area contributed by atoms with Crippen molar-refractivity contribution in [1.29, 1.82) is 0 Å². The van der Waals surface area contributed by atoms with Crippen LogP contribution in [0, 0.1) is 0 Å². The van der Waals surface area contributed by atoms with Crippen LogP contribution < -0.4 is 0 Å². The van der Waals surface area contributed by atoms with E-state index in [1.54, 1.807) is 0 Å². The van der Waals surface area contributed by atoms with Gasteiger partial charge in [0.2, 0.25) is 0 Å². The third-order valence-corrected chi connectivity index (χ3v) is 11.0. The third-order valence-electron chi connectivity index (χ3n) is 11.0. The van der Waals surface area contributed by atoms with E-state index in [1.807, 2.05) is 36.9 Å². The summed E-state index contributed by atoms with van der Waals surface area (Å²) in [5.41, 5.74) is 14.8. The molecule has 0 fully saturated rings. The Labute approximate surface area is 303 Å². The maximum Gasteiger partial charge on any atom is 0.0958 e. The molecule has 0 bridgehead atoms. The van der Waals surface area contributed by atoms with E-state index in [2.05, 4.69) is 150 Å². The Kier molecular flexibility index (Phi) is 6.94. The van der Waals surface area contributed by atoms with Crippen molar-refractivity contribution in [1.82, 2.24) is 14.5 Å². The number of pyridine rings is 2. The summed E-state index contributed by atoms with van der Waals surface area (Å²) >= 11 is 0. The standard InChI is InChI=1S/C48H36N4/c1-48(2)41-28-39(31-13-4-3-5-14-31)38(33-16-11-25-49-29-33)27-40(41)36-20-10-22-44(46(51-47(36)48)34-17-12-26-50-30-34)52-42-21-9-8-19-37(42)45-35-18-7-6-15-32(35)23-24-43(45)52/h3-9,11-19,21-30H,10,20H2,1-2H3/b44-22+,51-46-. The lowest BCUT2D eigenvalue weighted by Crippen LogP contribution is -2.20. The molecule has 5 aromatic carbocycles. The third kappa shape index (κ3) is 4.64. The zero-order valence-electron chi connectivity index (χ0n) is 29.2. The van der Waals surface area contributed by atoms with E-state index < -0.39 is 0 Å². The number of hydrogen-bond donors (Lipinski definition) is 0. The fraction of sp³-hybridized carbons (Fsp3) is 0.104. The first-order valence-electron chi connectivity index (χ1n) is 18.1. The zero-order valence-corrected chi connectivity index (χ0v) is 29.2. The van der Waals surface area contributed by atoms with E-state index in [0.717, 1.165) is 41.1 Å². The Morgan fingerprint density at radius 2 is 1.29 bits per heavy atom. The molecule has 0 radical (unpaired) electrons. The molecule has 4 heterocycles. The molecule has 4 heteroatoms. The van der Waals surface area contributed by atoms with E-state index >= 15 is 0 Å². The van der Waals surface area contributed by atoms with E-state index in [4.69, 9.17) is 4.99 Å². The van der Waals surface area contributed by atoms with Crippen molar-refractivity contribution in [2.75, 3.05) is 0 Å². The van der Waals surface area contributed by atoms with Gasteiger partial charge < -0.3 is 4.57 Å². The Morgan fingerprint density at radius 3 is 2.08 bits per heavy atom. The summed E-state index contributed by atoms with van der Waals surface area (Å²) in [6.07, 6.45) is 11.8. The van der Waals surface area contributed by atoms with E-state index in [1.165, 1.54) is 66.0 Å². The van der Waals surface area contributed by atoms with Crippen molar-refractivity contribution < 1.29 is 0 Å². The van der Waals surface area contributed by atoms with Gasteiger partial charge in [0.15, 0.2) is 0 Å². The molecule has 52 heavy (non-hydrogen) atoms. The Bertz CT molecular complexity index is 2790. The molecule has 0 atom stereocenters. The molecule has 0 unspecified atom stereocenters. The minimum absolute atomic E-state index is 0.339. The van der Waals surface area contributed by atoms with Gasteiger partial charge in [-0.25, -0.2) is 4.99 Å². The lowest BCUT2D eigenvalue weighted by atomic mass is 9.81. The van der Waals surface area contributed by atoms with Gasteiger partial charge in [-0.15, -0.1) is 0 Å². The maximum atomic E-state index is 5.81. The fourth-order valence-corrected chi connectivity index (χ4v) is 8.61. The van der Waals surface area contributed by atoms with Gasteiger partial charge in [-0.05, 0) is 99.5 Å². The molecule has 10 rings (SSSR count). The number of fused-ring (bicyclic) bond motifs is 7. The van der Waals surface area contributed by atoms with Gasteiger partial charge in [-0.3, -0.25) is 9.97 Å². The summed E-state index contributed by atoms with van der Waals surface area (Å²) in [7, 11) is 0. The van der Waals surface area contributed by atoms with Crippen molar-refractivity contribution in [3.05, 3.63) is 181 Å². The summed E-state index contributed by atoms with van der Waals surface area (Å²) in [6.45, 7) is 4.68. The first-order valence-corrected chi connectivity index (χ1v) is 18.1. The predicted octanol–water partition coefficient (Wildman–Crippen LogP) is 11.9. The van der Waals surface area contributed by atoms with Crippen LogP contribution >= 0.6 is 0 Å². The van der Waals surface area contributed by atoms with E-state index in [-0.39, 0.29) is 5.41 Å². The Morgan fingerprint density at radius 1 is 0.596 bits per heavy atom. The number of allylic oxidation sites excluding steroid dienone is 4. The van der Waals surface area contributed by atoms with Crippen molar-refractivity contribution >= 4 is 49.6 Å². The number of aromatic nitrogens is 3. The molecule has 8 aromatic rings. The second-order valence-corrected chi connectivity index (χ2v) is 14.4. The lowest BCUT2D eigenvalue weighted by molar-refractivity contribution is 0.631. The molecule has 1 aliphatic heterocycles. The van der Waals surface area contributed by atoms with Crippen LogP contribution in [0.5, 0.6) is 0 Å². The number of para-hydroxylation sites is 1. The van der Waals surface area contributed by atoms with Gasteiger partial charge in [0.1, 0.15) is 0 Å². The van der Waals surface area contributed by atoms with Crippen molar-refractivity contribution in [2.45, 2.75) is 32.1 Å². The average Bonchev–Trinajstić information content (AvgIpc) is 3.62. The van der Waals surface area contributed by atoms with Crippen molar-refractivity contribution in [2.24, 2.45) is 4.99 Å². The zero-order chi connectivity index (χ0) is 34.8. The predicted molar refractivity (Wildman–Crippen MR) is 216 cm³/mol. The smallest absolute Gasteiger partial charge is 0.0958 e. The highest BCUT2D eigenvalue weighted by Gasteiger charge is 2.40. The molecule has 0 N–H and O–H groups in total. The van der Waals surface area contributed by atoms with Gasteiger partial charge in [-0.2, -0.15) is 0 Å². The van der Waals surface area contributed by atoms with Gasteiger partial charge in [-0.1, -0.05) is 105 Å². The Hall–Kier alpha value is -6.39.